The lowest BCUT2D eigenvalue weighted by atomic mass is 10.1. The molecule has 4 heteroatoms. The molecule has 0 aliphatic heterocycles. The highest BCUT2D eigenvalue weighted by Gasteiger charge is 2.06. The Morgan fingerprint density at radius 3 is 2.38 bits per heavy atom. The molecule has 0 fully saturated rings. The number of ether oxygens (including phenoxy) is 2. The third-order valence-electron chi connectivity index (χ3n) is 1.92. The summed E-state index contributed by atoms with van der Waals surface area (Å²) >= 11 is 0. The van der Waals surface area contributed by atoms with Gasteiger partial charge in [0.05, 0.1) is 7.11 Å². The van der Waals surface area contributed by atoms with Crippen LogP contribution in [0.4, 0.5) is 4.39 Å². The van der Waals surface area contributed by atoms with E-state index in [1.54, 1.807) is 19.2 Å². The van der Waals surface area contributed by atoms with E-state index in [2.05, 4.69) is 4.74 Å². The normalized spacial score (nSPS) is 9.31. The van der Waals surface area contributed by atoms with Gasteiger partial charge in [-0.05, 0) is 18.6 Å². The van der Waals surface area contributed by atoms with Crippen LogP contribution in [0.1, 0.15) is 18.9 Å². The molecule has 0 heterocycles. The molecule has 0 atom stereocenters. The highest BCUT2D eigenvalue weighted by molar-refractivity contribution is 5.34. The lowest BCUT2D eigenvalue weighted by Gasteiger charge is -2.07. The predicted molar refractivity (Wildman–Crippen MR) is 61.0 cm³/mol. The Morgan fingerprint density at radius 1 is 1.31 bits per heavy atom. The van der Waals surface area contributed by atoms with Crippen molar-refractivity contribution < 1.29 is 19.0 Å². The first-order chi connectivity index (χ1) is 7.71. The number of hydrogen-bond acceptors (Lipinski definition) is 3. The molecule has 0 aliphatic rings. The fourth-order valence-corrected chi connectivity index (χ4v) is 1.22. The van der Waals surface area contributed by atoms with Gasteiger partial charge in [-0.2, -0.15) is 0 Å². The molecule has 3 nitrogen and oxygen atoms in total. The predicted octanol–water partition coefficient (Wildman–Crippen LogP) is 2.37. The Morgan fingerprint density at radius 2 is 1.94 bits per heavy atom. The zero-order valence-electron chi connectivity index (χ0n) is 10.00. The number of aliphatic hydroxyl groups is 1. The molecule has 0 aromatic heterocycles. The smallest absolute Gasteiger partial charge is 0.143 e. The average molecular weight is 230 g/mol. The van der Waals surface area contributed by atoms with Crippen molar-refractivity contribution in [2.24, 2.45) is 0 Å². The minimum absolute atomic E-state index is 0.170. The van der Waals surface area contributed by atoms with Crippen molar-refractivity contribution in [2.45, 2.75) is 19.8 Å². The number of rotatable bonds is 4. The topological polar surface area (TPSA) is 38.7 Å². The summed E-state index contributed by atoms with van der Waals surface area (Å²) in [6, 6.07) is 4.91. The van der Waals surface area contributed by atoms with Crippen LogP contribution in [0, 0.1) is 5.82 Å². The van der Waals surface area contributed by atoms with Gasteiger partial charge in [0.15, 0.2) is 0 Å². The summed E-state index contributed by atoms with van der Waals surface area (Å²) in [5, 5.41) is 7.65. The number of halogens is 1. The molecular weight excluding hydrogens is 211 g/mol. The van der Waals surface area contributed by atoms with E-state index in [9.17, 15) is 4.39 Å². The van der Waals surface area contributed by atoms with Gasteiger partial charge >= 0.3 is 0 Å². The van der Waals surface area contributed by atoms with Crippen molar-refractivity contribution in [3.8, 4) is 5.75 Å². The number of aliphatic hydroxyl groups excluding tert-OH is 1. The van der Waals surface area contributed by atoms with Gasteiger partial charge in [0, 0.05) is 12.7 Å². The quantitative estimate of drug-likeness (QED) is 0.807. The van der Waals surface area contributed by atoms with Crippen molar-refractivity contribution in [2.75, 3.05) is 21.0 Å². The number of hydrogen-bond donors (Lipinski definition) is 1. The van der Waals surface area contributed by atoms with Crippen LogP contribution in [-0.4, -0.2) is 26.1 Å². The summed E-state index contributed by atoms with van der Waals surface area (Å²) in [4.78, 5) is 0. The van der Waals surface area contributed by atoms with Gasteiger partial charge in [0.2, 0.25) is 0 Å². The van der Waals surface area contributed by atoms with Crippen LogP contribution in [0.15, 0.2) is 18.2 Å². The minimum Gasteiger partial charge on any atom is -0.496 e. The molecule has 1 aromatic carbocycles. The van der Waals surface area contributed by atoms with Crippen LogP contribution in [0.25, 0.3) is 0 Å². The van der Waals surface area contributed by atoms with Gasteiger partial charge in [-0.25, -0.2) is 4.39 Å². The minimum atomic E-state index is -0.181. The molecule has 0 saturated heterocycles. The molecule has 0 unspecified atom stereocenters. The molecule has 16 heavy (non-hydrogen) atoms. The Bertz CT molecular complexity index is 288. The third kappa shape index (κ3) is 5.09. The first kappa shape index (κ1) is 14.9. The largest absolute Gasteiger partial charge is 0.496 e. The molecule has 0 radical (unpaired) electrons. The molecule has 0 aliphatic carbocycles. The van der Waals surface area contributed by atoms with E-state index in [0.717, 1.165) is 12.8 Å². The molecule has 1 rings (SSSR count). The van der Waals surface area contributed by atoms with E-state index in [1.165, 1.54) is 13.2 Å². The van der Waals surface area contributed by atoms with Crippen molar-refractivity contribution in [3.63, 3.8) is 0 Å². The van der Waals surface area contributed by atoms with E-state index in [4.69, 9.17) is 9.84 Å². The summed E-state index contributed by atoms with van der Waals surface area (Å²) in [7, 11) is 2.99. The highest BCUT2D eigenvalue weighted by Crippen LogP contribution is 2.22. The SMILES string of the molecule is CCCc1c(F)cccc1OC.COCO. The Labute approximate surface area is 95.8 Å². The first-order valence-electron chi connectivity index (χ1n) is 5.12. The second-order valence-electron chi connectivity index (χ2n) is 3.09. The Hall–Kier alpha value is -1.13. The van der Waals surface area contributed by atoms with Crippen molar-refractivity contribution in [3.05, 3.63) is 29.6 Å². The average Bonchev–Trinajstić information content (AvgIpc) is 2.32. The fraction of sp³-hybridized carbons (Fsp3) is 0.500. The Kier molecular flexibility index (Phi) is 8.48. The van der Waals surface area contributed by atoms with Crippen molar-refractivity contribution in [1.82, 2.24) is 0 Å². The molecule has 0 spiro atoms. The lowest BCUT2D eigenvalue weighted by molar-refractivity contribution is 0.0325. The van der Waals surface area contributed by atoms with E-state index >= 15 is 0 Å². The van der Waals surface area contributed by atoms with E-state index in [-0.39, 0.29) is 12.6 Å². The molecule has 0 amide bonds. The van der Waals surface area contributed by atoms with Crippen molar-refractivity contribution in [1.29, 1.82) is 0 Å². The maximum atomic E-state index is 13.1. The standard InChI is InChI=1S/C10H13FO.C2H6O2/c1-3-5-8-9(11)6-4-7-10(8)12-2;1-4-2-3/h4,6-7H,3,5H2,1-2H3;3H,2H2,1H3. The first-order valence-corrected chi connectivity index (χ1v) is 5.12. The van der Waals surface area contributed by atoms with Crippen LogP contribution in [0.2, 0.25) is 0 Å². The molecule has 1 N–H and O–H groups in total. The number of methoxy groups -OCH3 is 2. The molecule has 0 saturated carbocycles. The molecular formula is C12H19FO3. The third-order valence-corrected chi connectivity index (χ3v) is 1.92. The van der Waals surface area contributed by atoms with E-state index < -0.39 is 0 Å². The van der Waals surface area contributed by atoms with Gasteiger partial charge in [0.1, 0.15) is 18.4 Å². The maximum Gasteiger partial charge on any atom is 0.143 e. The molecule has 0 bridgehead atoms. The van der Waals surface area contributed by atoms with Crippen molar-refractivity contribution >= 4 is 0 Å². The Balaban J connectivity index is 0.000000487. The van der Waals surface area contributed by atoms with Gasteiger partial charge in [-0.3, -0.25) is 0 Å². The van der Waals surface area contributed by atoms with Gasteiger partial charge in [0.25, 0.3) is 0 Å². The lowest BCUT2D eigenvalue weighted by Crippen LogP contribution is -1.95. The van der Waals surface area contributed by atoms with E-state index in [0.29, 0.717) is 11.3 Å². The fourth-order valence-electron chi connectivity index (χ4n) is 1.22. The van der Waals surface area contributed by atoms with Crippen LogP contribution in [-0.2, 0) is 11.2 Å². The molecule has 1 aromatic rings. The van der Waals surface area contributed by atoms with Crippen LogP contribution >= 0.6 is 0 Å². The summed E-state index contributed by atoms with van der Waals surface area (Å²) in [5.41, 5.74) is 0.683. The van der Waals surface area contributed by atoms with Gasteiger partial charge in [-0.15, -0.1) is 0 Å². The summed E-state index contributed by atoms with van der Waals surface area (Å²) in [6.45, 7) is 1.84. The van der Waals surface area contributed by atoms with Crippen LogP contribution in [0.5, 0.6) is 5.75 Å². The second kappa shape index (κ2) is 9.12. The summed E-state index contributed by atoms with van der Waals surface area (Å²) in [5.74, 6) is 0.480. The molecule has 92 valence electrons. The zero-order valence-corrected chi connectivity index (χ0v) is 10.00. The van der Waals surface area contributed by atoms with E-state index in [1.807, 2.05) is 6.92 Å². The van der Waals surface area contributed by atoms with Gasteiger partial charge < -0.3 is 14.6 Å². The summed E-state index contributed by atoms with van der Waals surface area (Å²) in [6.07, 6.45) is 1.66. The maximum absolute atomic E-state index is 13.1. The van der Waals surface area contributed by atoms with Gasteiger partial charge in [-0.1, -0.05) is 19.4 Å². The monoisotopic (exact) mass is 230 g/mol. The van der Waals surface area contributed by atoms with Crippen LogP contribution in [0.3, 0.4) is 0 Å². The van der Waals surface area contributed by atoms with Crippen LogP contribution < -0.4 is 4.74 Å². The summed E-state index contributed by atoms with van der Waals surface area (Å²) < 4.78 is 22.3. The second-order valence-corrected chi connectivity index (χ2v) is 3.09. The zero-order chi connectivity index (χ0) is 12.4. The highest BCUT2D eigenvalue weighted by atomic mass is 19.1. The number of benzene rings is 1.